The van der Waals surface area contributed by atoms with Crippen molar-refractivity contribution >= 4 is 24.2 Å². The summed E-state index contributed by atoms with van der Waals surface area (Å²) in [5.74, 6) is 0. The second-order valence-electron chi connectivity index (χ2n) is 4.26. The first kappa shape index (κ1) is 15.8. The fourth-order valence-electron chi connectivity index (χ4n) is 2.25. The Hall–Kier alpha value is -0.260. The molecule has 0 spiro atoms. The minimum atomic E-state index is 0. The molecule has 1 aliphatic heterocycles. The summed E-state index contributed by atoms with van der Waals surface area (Å²) in [6.45, 7) is 4.24. The summed E-state index contributed by atoms with van der Waals surface area (Å²) in [7, 11) is 0. The molecule has 5 heteroatoms. The van der Waals surface area contributed by atoms with Gasteiger partial charge in [0.05, 0.1) is 12.6 Å². The van der Waals surface area contributed by atoms with Gasteiger partial charge < -0.3 is 10.4 Å². The smallest absolute Gasteiger partial charge is 0.0628 e. The highest BCUT2D eigenvalue weighted by molar-refractivity contribution is 7.98. The Balaban J connectivity index is 0.00000162. The highest BCUT2D eigenvalue weighted by Gasteiger charge is 2.21. The minimum absolute atomic E-state index is 0. The number of thioether (sulfide) groups is 1. The third kappa shape index (κ3) is 3.87. The Bertz CT molecular complexity index is 341. The number of halogens is 1. The number of aliphatic hydroxyl groups is 1. The van der Waals surface area contributed by atoms with Crippen LogP contribution in [0.5, 0.6) is 0 Å². The first-order valence-corrected chi connectivity index (χ1v) is 7.27. The van der Waals surface area contributed by atoms with E-state index < -0.39 is 0 Å². The van der Waals surface area contributed by atoms with E-state index >= 15 is 0 Å². The van der Waals surface area contributed by atoms with Crippen molar-refractivity contribution in [2.45, 2.75) is 10.9 Å². The summed E-state index contributed by atoms with van der Waals surface area (Å²) in [5.41, 5.74) is 1.22. The summed E-state index contributed by atoms with van der Waals surface area (Å²) in [4.78, 5) is 3.62. The van der Waals surface area contributed by atoms with E-state index in [2.05, 4.69) is 40.7 Å². The monoisotopic (exact) mass is 288 g/mol. The van der Waals surface area contributed by atoms with Gasteiger partial charge in [-0.25, -0.2) is 0 Å². The highest BCUT2D eigenvalue weighted by Crippen LogP contribution is 2.23. The molecule has 1 aromatic rings. The maximum absolute atomic E-state index is 9.59. The molecule has 1 atom stereocenters. The van der Waals surface area contributed by atoms with Crippen LogP contribution in [0.3, 0.4) is 0 Å². The average Bonchev–Trinajstić information content (AvgIpc) is 2.42. The molecular formula is C13H21ClN2OS. The van der Waals surface area contributed by atoms with E-state index in [4.69, 9.17) is 0 Å². The number of nitrogens with one attached hydrogen (secondary N) is 1. The number of hydrogen-bond donors (Lipinski definition) is 2. The van der Waals surface area contributed by atoms with Crippen molar-refractivity contribution in [2.24, 2.45) is 0 Å². The van der Waals surface area contributed by atoms with Crippen molar-refractivity contribution in [1.29, 1.82) is 0 Å². The molecule has 0 saturated carbocycles. The number of rotatable bonds is 4. The van der Waals surface area contributed by atoms with E-state index in [9.17, 15) is 5.11 Å². The van der Waals surface area contributed by atoms with Gasteiger partial charge in [-0.15, -0.1) is 24.2 Å². The summed E-state index contributed by atoms with van der Waals surface area (Å²) in [5, 5.41) is 12.9. The number of hydrogen-bond acceptors (Lipinski definition) is 4. The molecule has 102 valence electrons. The van der Waals surface area contributed by atoms with Crippen molar-refractivity contribution in [3.05, 3.63) is 29.8 Å². The Morgan fingerprint density at radius 2 is 1.89 bits per heavy atom. The molecule has 1 aliphatic rings. The van der Waals surface area contributed by atoms with Gasteiger partial charge >= 0.3 is 0 Å². The van der Waals surface area contributed by atoms with Crippen LogP contribution in [0, 0.1) is 0 Å². The van der Waals surface area contributed by atoms with Crippen LogP contribution in [0.4, 0.5) is 0 Å². The zero-order chi connectivity index (χ0) is 12.1. The summed E-state index contributed by atoms with van der Waals surface area (Å²) in [6.07, 6.45) is 2.08. The summed E-state index contributed by atoms with van der Waals surface area (Å²) >= 11 is 1.75. The number of aliphatic hydroxyl groups excluding tert-OH is 1. The van der Waals surface area contributed by atoms with Crippen molar-refractivity contribution < 1.29 is 5.11 Å². The fourth-order valence-corrected chi connectivity index (χ4v) is 2.66. The van der Waals surface area contributed by atoms with Gasteiger partial charge in [0.25, 0.3) is 0 Å². The zero-order valence-electron chi connectivity index (χ0n) is 10.6. The van der Waals surface area contributed by atoms with Crippen LogP contribution in [0.1, 0.15) is 11.6 Å². The molecule has 1 saturated heterocycles. The van der Waals surface area contributed by atoms with Crippen LogP contribution in [0.2, 0.25) is 0 Å². The maximum Gasteiger partial charge on any atom is 0.0628 e. The zero-order valence-corrected chi connectivity index (χ0v) is 12.3. The third-order valence-electron chi connectivity index (χ3n) is 3.27. The molecule has 0 aliphatic carbocycles. The average molecular weight is 289 g/mol. The maximum atomic E-state index is 9.59. The third-order valence-corrected chi connectivity index (χ3v) is 4.01. The normalized spacial score (nSPS) is 18.1. The number of piperazine rings is 1. The molecule has 1 fully saturated rings. The molecule has 18 heavy (non-hydrogen) atoms. The summed E-state index contributed by atoms with van der Waals surface area (Å²) in [6, 6.07) is 8.67. The van der Waals surface area contributed by atoms with E-state index in [1.165, 1.54) is 10.5 Å². The van der Waals surface area contributed by atoms with E-state index in [1.807, 2.05) is 0 Å². The van der Waals surface area contributed by atoms with Gasteiger partial charge in [-0.05, 0) is 24.0 Å². The first-order valence-electron chi connectivity index (χ1n) is 6.04. The molecule has 2 N–H and O–H groups in total. The van der Waals surface area contributed by atoms with Crippen LogP contribution in [0.25, 0.3) is 0 Å². The lowest BCUT2D eigenvalue weighted by molar-refractivity contribution is 0.111. The topological polar surface area (TPSA) is 35.5 Å². The summed E-state index contributed by atoms with van der Waals surface area (Å²) < 4.78 is 0. The molecule has 0 unspecified atom stereocenters. The lowest BCUT2D eigenvalue weighted by Gasteiger charge is -2.34. The van der Waals surface area contributed by atoms with Gasteiger partial charge in [-0.2, -0.15) is 0 Å². The largest absolute Gasteiger partial charge is 0.394 e. The predicted octanol–water partition coefficient (Wildman–Crippen LogP) is 1.77. The van der Waals surface area contributed by atoms with Gasteiger partial charge in [-0.3, -0.25) is 4.90 Å². The minimum Gasteiger partial charge on any atom is -0.394 e. The number of benzene rings is 1. The molecule has 2 rings (SSSR count). The van der Waals surface area contributed by atoms with Crippen LogP contribution in [-0.4, -0.2) is 49.0 Å². The van der Waals surface area contributed by atoms with E-state index in [1.54, 1.807) is 11.8 Å². The molecule has 3 nitrogen and oxygen atoms in total. The highest BCUT2D eigenvalue weighted by atomic mass is 35.5. The quantitative estimate of drug-likeness (QED) is 0.828. The van der Waals surface area contributed by atoms with Crippen molar-refractivity contribution in [3.63, 3.8) is 0 Å². The van der Waals surface area contributed by atoms with Gasteiger partial charge in [0.1, 0.15) is 0 Å². The lowest BCUT2D eigenvalue weighted by atomic mass is 10.1. The molecule has 0 bridgehead atoms. The molecule has 0 aromatic heterocycles. The van der Waals surface area contributed by atoms with Crippen molar-refractivity contribution in [2.75, 3.05) is 39.0 Å². The Morgan fingerprint density at radius 3 is 2.39 bits per heavy atom. The lowest BCUT2D eigenvalue weighted by Crippen LogP contribution is -2.46. The van der Waals surface area contributed by atoms with Gasteiger partial charge in [-0.1, -0.05) is 12.1 Å². The Kier molecular flexibility index (Phi) is 7.04. The fraction of sp³-hybridized carbons (Fsp3) is 0.538. The Labute approximate surface area is 119 Å². The molecule has 1 aromatic carbocycles. The van der Waals surface area contributed by atoms with Crippen molar-refractivity contribution in [3.8, 4) is 0 Å². The van der Waals surface area contributed by atoms with Gasteiger partial charge in [0, 0.05) is 31.1 Å². The molecule has 1 heterocycles. The van der Waals surface area contributed by atoms with E-state index in [0.717, 1.165) is 26.2 Å². The van der Waals surface area contributed by atoms with Crippen molar-refractivity contribution in [1.82, 2.24) is 10.2 Å². The first-order chi connectivity index (χ1) is 8.35. The second-order valence-corrected chi connectivity index (χ2v) is 5.14. The van der Waals surface area contributed by atoms with E-state index in [-0.39, 0.29) is 25.1 Å². The van der Waals surface area contributed by atoms with Crippen LogP contribution < -0.4 is 5.32 Å². The number of nitrogens with zero attached hydrogens (tertiary/aromatic N) is 1. The van der Waals surface area contributed by atoms with Crippen LogP contribution in [0.15, 0.2) is 29.2 Å². The molecular weight excluding hydrogens is 268 g/mol. The Morgan fingerprint density at radius 1 is 1.28 bits per heavy atom. The van der Waals surface area contributed by atoms with Crippen LogP contribution >= 0.6 is 24.2 Å². The SMILES string of the molecule is CSc1ccc([C@H](CO)N2CCNCC2)cc1.Cl. The van der Waals surface area contributed by atoms with E-state index in [0.29, 0.717) is 0 Å². The van der Waals surface area contributed by atoms with Crippen LogP contribution in [-0.2, 0) is 0 Å². The second kappa shape index (κ2) is 8.02. The van der Waals surface area contributed by atoms with Gasteiger partial charge in [0.15, 0.2) is 0 Å². The van der Waals surface area contributed by atoms with Gasteiger partial charge in [0.2, 0.25) is 0 Å². The standard InChI is InChI=1S/C13H20N2OS.ClH/c1-17-12-4-2-11(3-5-12)13(10-16)15-8-6-14-7-9-15;/h2-5,13-14,16H,6-10H2,1H3;1H/t13-;/m0./s1. The molecule has 0 amide bonds. The predicted molar refractivity (Wildman–Crippen MR) is 79.7 cm³/mol. The molecule has 0 radical (unpaired) electrons.